The molecule has 0 saturated heterocycles. The van der Waals surface area contributed by atoms with Crippen LogP contribution in [-0.4, -0.2) is 6.61 Å². The van der Waals surface area contributed by atoms with E-state index in [0.29, 0.717) is 41.5 Å². The fraction of sp³-hybridized carbons (Fsp3) is 0.850. The van der Waals surface area contributed by atoms with Crippen molar-refractivity contribution in [2.24, 2.45) is 56.7 Å². The SMILES string of the molecule is C=C1CCC2C(C)(C)CCC[C@@]2(C)[C@@H]1CC/C(C)=C/COPP.C=C1C[C@@]23CCC4C(C)(C)CCC[C@@]4(C)[C@@H]2CC[C@@H]1C3. The number of fused-ring (bicyclic) bond motifs is 4. The maximum Gasteiger partial charge on any atom is 0.0693 e. The predicted octanol–water partition coefficient (Wildman–Crippen LogP) is 12.9. The van der Waals surface area contributed by atoms with Gasteiger partial charge in [-0.25, -0.2) is 0 Å². The number of hydrogen-bond donors (Lipinski definition) is 0. The molecule has 0 N–H and O–H groups in total. The van der Waals surface area contributed by atoms with Crippen LogP contribution in [0.4, 0.5) is 0 Å². The van der Waals surface area contributed by atoms with Gasteiger partial charge in [-0.1, -0.05) is 99.3 Å². The van der Waals surface area contributed by atoms with Crippen molar-refractivity contribution < 1.29 is 4.52 Å². The molecule has 4 unspecified atom stereocenters. The Hall–Kier alpha value is 0.0400. The van der Waals surface area contributed by atoms with Crippen molar-refractivity contribution in [3.63, 3.8) is 0 Å². The van der Waals surface area contributed by atoms with Gasteiger partial charge in [-0.15, -0.1) is 0 Å². The van der Waals surface area contributed by atoms with Crippen molar-refractivity contribution in [2.75, 3.05) is 6.61 Å². The first-order valence-corrected chi connectivity index (χ1v) is 21.0. The fourth-order valence-electron chi connectivity index (χ4n) is 13.2. The van der Waals surface area contributed by atoms with Crippen LogP contribution in [0.15, 0.2) is 36.0 Å². The minimum Gasteiger partial charge on any atom is -0.354 e. The molecular formula is C40H68OP2. The van der Waals surface area contributed by atoms with E-state index in [-0.39, 0.29) is 0 Å². The van der Waals surface area contributed by atoms with Crippen LogP contribution < -0.4 is 0 Å². The molecule has 1 nitrogen and oxygen atoms in total. The zero-order valence-corrected chi connectivity index (χ0v) is 31.5. The summed E-state index contributed by atoms with van der Waals surface area (Å²) < 4.78 is 5.45. The van der Waals surface area contributed by atoms with E-state index < -0.39 is 0 Å². The second-order valence-corrected chi connectivity index (χ2v) is 19.6. The molecule has 6 rings (SSSR count). The largest absolute Gasteiger partial charge is 0.354 e. The quantitative estimate of drug-likeness (QED) is 0.162. The van der Waals surface area contributed by atoms with Gasteiger partial charge < -0.3 is 4.52 Å². The average Bonchev–Trinajstić information content (AvgIpc) is 3.15. The number of hydrogen-bond acceptors (Lipinski definition) is 1. The van der Waals surface area contributed by atoms with Crippen LogP contribution in [-0.2, 0) is 4.52 Å². The molecule has 0 aromatic heterocycles. The minimum atomic E-state index is 0.468. The first-order valence-electron chi connectivity index (χ1n) is 18.3. The highest BCUT2D eigenvalue weighted by Crippen LogP contribution is 2.72. The molecule has 3 heteroatoms. The van der Waals surface area contributed by atoms with E-state index in [1.165, 1.54) is 114 Å². The summed E-state index contributed by atoms with van der Waals surface area (Å²) in [6.07, 6.45) is 24.8. The van der Waals surface area contributed by atoms with Crippen LogP contribution in [0.5, 0.6) is 0 Å². The summed E-state index contributed by atoms with van der Waals surface area (Å²) in [4.78, 5) is 0. The maximum absolute atomic E-state index is 5.45. The summed E-state index contributed by atoms with van der Waals surface area (Å²) in [5.74, 6) is 4.44. The van der Waals surface area contributed by atoms with Gasteiger partial charge in [0.1, 0.15) is 0 Å². The molecular weight excluding hydrogens is 558 g/mol. The lowest BCUT2D eigenvalue weighted by atomic mass is 9.41. The van der Waals surface area contributed by atoms with Crippen molar-refractivity contribution in [3.8, 4) is 0 Å². The van der Waals surface area contributed by atoms with E-state index >= 15 is 0 Å². The second kappa shape index (κ2) is 12.9. The Balaban J connectivity index is 0.000000172. The topological polar surface area (TPSA) is 9.23 Å². The van der Waals surface area contributed by atoms with Crippen molar-refractivity contribution in [1.82, 2.24) is 0 Å². The Morgan fingerprint density at radius 3 is 2.16 bits per heavy atom. The highest BCUT2D eigenvalue weighted by atomic mass is 32.0. The van der Waals surface area contributed by atoms with E-state index in [9.17, 15) is 0 Å². The van der Waals surface area contributed by atoms with Gasteiger partial charge in [-0.05, 0) is 153 Å². The third-order valence-electron chi connectivity index (χ3n) is 15.1. The van der Waals surface area contributed by atoms with Gasteiger partial charge in [0.15, 0.2) is 0 Å². The molecule has 6 fully saturated rings. The van der Waals surface area contributed by atoms with Gasteiger partial charge in [0.25, 0.3) is 0 Å². The van der Waals surface area contributed by atoms with Crippen LogP contribution in [0.3, 0.4) is 0 Å². The van der Waals surface area contributed by atoms with Gasteiger partial charge in [0, 0.05) is 8.50 Å². The summed E-state index contributed by atoms with van der Waals surface area (Å²) in [5, 5.41) is 0. The Morgan fingerprint density at radius 1 is 0.837 bits per heavy atom. The smallest absolute Gasteiger partial charge is 0.0693 e. The lowest BCUT2D eigenvalue weighted by molar-refractivity contribution is -0.144. The molecule has 0 aliphatic heterocycles. The maximum atomic E-state index is 5.45. The van der Waals surface area contributed by atoms with E-state index in [1.54, 1.807) is 5.57 Å². The average molecular weight is 627 g/mol. The second-order valence-electron chi connectivity index (χ2n) is 18.3. The van der Waals surface area contributed by atoms with Gasteiger partial charge in [-0.3, -0.25) is 0 Å². The zero-order chi connectivity index (χ0) is 31.3. The molecule has 6 saturated carbocycles. The van der Waals surface area contributed by atoms with Gasteiger partial charge >= 0.3 is 0 Å². The summed E-state index contributed by atoms with van der Waals surface area (Å²) in [6, 6.07) is 0. The van der Waals surface area contributed by atoms with Crippen LogP contribution in [0.25, 0.3) is 0 Å². The molecule has 10 atom stereocenters. The van der Waals surface area contributed by atoms with Crippen LogP contribution in [0.1, 0.15) is 151 Å². The molecule has 6 aliphatic carbocycles. The molecule has 6 aliphatic rings. The molecule has 0 radical (unpaired) electrons. The van der Waals surface area contributed by atoms with Gasteiger partial charge in [0.05, 0.1) is 6.61 Å². The van der Waals surface area contributed by atoms with E-state index in [1.807, 2.05) is 0 Å². The van der Waals surface area contributed by atoms with Crippen molar-refractivity contribution in [3.05, 3.63) is 36.0 Å². The van der Waals surface area contributed by atoms with Crippen molar-refractivity contribution in [1.29, 1.82) is 0 Å². The van der Waals surface area contributed by atoms with Crippen molar-refractivity contribution >= 4 is 17.4 Å². The normalized spacial score (nSPS) is 43.4. The molecule has 0 heterocycles. The minimum absolute atomic E-state index is 0.468. The highest BCUT2D eigenvalue weighted by Gasteiger charge is 2.62. The van der Waals surface area contributed by atoms with Crippen molar-refractivity contribution in [2.45, 2.75) is 151 Å². The summed E-state index contributed by atoms with van der Waals surface area (Å²) >= 11 is 0. The molecule has 244 valence electrons. The fourth-order valence-corrected chi connectivity index (χ4v) is 13.7. The Morgan fingerprint density at radius 2 is 1.49 bits per heavy atom. The van der Waals surface area contributed by atoms with Crippen LogP contribution >= 0.6 is 17.4 Å². The first kappa shape index (κ1) is 34.4. The lowest BCUT2D eigenvalue weighted by Crippen LogP contribution is -2.55. The van der Waals surface area contributed by atoms with E-state index in [4.69, 9.17) is 4.52 Å². The Kier molecular flexibility index (Phi) is 10.3. The molecule has 43 heavy (non-hydrogen) atoms. The van der Waals surface area contributed by atoms with Gasteiger partial charge in [0.2, 0.25) is 0 Å². The predicted molar refractivity (Wildman–Crippen MR) is 194 cm³/mol. The van der Waals surface area contributed by atoms with E-state index in [0.717, 1.165) is 30.3 Å². The number of allylic oxidation sites excluding steroid dienone is 3. The van der Waals surface area contributed by atoms with Crippen LogP contribution in [0, 0.1) is 56.7 Å². The summed E-state index contributed by atoms with van der Waals surface area (Å²) in [7, 11) is 3.14. The lowest BCUT2D eigenvalue weighted by Gasteiger charge is -2.64. The molecule has 0 aromatic rings. The van der Waals surface area contributed by atoms with Crippen LogP contribution in [0.2, 0.25) is 0 Å². The monoisotopic (exact) mass is 626 g/mol. The van der Waals surface area contributed by atoms with Gasteiger partial charge in [-0.2, -0.15) is 0 Å². The standard InChI is InChI=1S/C20H36OP2.C20H32/c1-15(11-14-21-23-22)7-9-17-16(2)8-10-18-19(3,4)12-6-13-20(17,18)5;1-14-12-20-11-8-16-18(2,3)9-5-10-19(16,4)17(20)7-6-15(14)13-20/h11,17-18,23H,2,6-10,12-14,22H2,1,3-5H3;15-17H,1,5-13H2,2-4H3/b15-11+;/t17-,18?,20+;15-,16?,17+,19-,20-/m11/s1. The first-order chi connectivity index (χ1) is 20.2. The Bertz CT molecular complexity index is 1070. The third kappa shape index (κ3) is 6.47. The molecule has 2 bridgehead atoms. The highest BCUT2D eigenvalue weighted by molar-refractivity contribution is 8.00. The third-order valence-corrected chi connectivity index (χ3v) is 15.9. The molecule has 1 spiro atoms. The molecule has 0 aromatic carbocycles. The summed E-state index contributed by atoms with van der Waals surface area (Å²) in [6.45, 7) is 27.3. The molecule has 0 amide bonds. The zero-order valence-electron chi connectivity index (χ0n) is 29.4. The number of rotatable bonds is 6. The summed E-state index contributed by atoms with van der Waals surface area (Å²) in [5.41, 5.74) is 7.48. The Labute approximate surface area is 271 Å². The van der Waals surface area contributed by atoms with E-state index in [2.05, 4.69) is 76.6 Å².